The molecule has 0 saturated carbocycles. The average Bonchev–Trinajstić information content (AvgIpc) is 3.07. The van der Waals surface area contributed by atoms with E-state index in [9.17, 15) is 0 Å². The van der Waals surface area contributed by atoms with Crippen molar-refractivity contribution in [3.63, 3.8) is 0 Å². The predicted molar refractivity (Wildman–Crippen MR) is 195 cm³/mol. The van der Waals surface area contributed by atoms with Crippen molar-refractivity contribution < 1.29 is 13.2 Å². The molecule has 0 bridgehead atoms. The molecule has 3 heterocycles. The fourth-order valence-corrected chi connectivity index (χ4v) is 8.61. The molecular weight excluding hydrogens is 670 g/mol. The van der Waals surface area contributed by atoms with Crippen LogP contribution in [-0.4, -0.2) is 47.2 Å². The van der Waals surface area contributed by atoms with Gasteiger partial charge in [0.05, 0.1) is 33.1 Å². The molecule has 0 unspecified atom stereocenters. The summed E-state index contributed by atoms with van der Waals surface area (Å²) in [7, 11) is 0. The van der Waals surface area contributed by atoms with Crippen LogP contribution in [0.2, 0.25) is 0 Å². The summed E-state index contributed by atoms with van der Waals surface area (Å²) >= 11 is 4.35. The van der Waals surface area contributed by atoms with Gasteiger partial charge in [0.15, 0.2) is 0 Å². The van der Waals surface area contributed by atoms with Gasteiger partial charge < -0.3 is 0 Å². The lowest BCUT2D eigenvalue weighted by atomic mass is 10.1. The molecule has 0 fully saturated rings. The van der Waals surface area contributed by atoms with Crippen molar-refractivity contribution in [3.05, 3.63) is 53.8 Å². The Morgan fingerprint density at radius 3 is 0.854 bits per heavy atom. The molecule has 7 rings (SSSR count). The molecule has 3 aromatic heterocycles. The molecule has 0 aliphatic heterocycles. The van der Waals surface area contributed by atoms with E-state index in [1.165, 1.54) is 53.5 Å². The Morgan fingerprint density at radius 2 is 0.625 bits per heavy atom. The van der Waals surface area contributed by atoms with Crippen LogP contribution in [0.5, 0.6) is 0 Å². The Balaban J connectivity index is 1.52. The van der Waals surface area contributed by atoms with Crippen molar-refractivity contribution in [3.8, 4) is 0 Å². The third kappa shape index (κ3) is 6.34. The summed E-state index contributed by atoms with van der Waals surface area (Å²) in [5.74, 6) is 1.28. The fraction of sp³-hybridized carbons (Fsp3) is 0.333. The molecule has 246 valence electrons. The molecule has 7 aromatic rings. The highest BCUT2D eigenvalue weighted by atomic mass is 32.2. The smallest absolute Gasteiger partial charge is 0.139 e. The molecule has 0 N–H and O–H groups in total. The van der Waals surface area contributed by atoms with Gasteiger partial charge in [0.1, 0.15) is 50.6 Å². The molecular formula is C36H33F3N6S3. The van der Waals surface area contributed by atoms with Crippen molar-refractivity contribution in [1.29, 1.82) is 0 Å². The second-order valence-electron chi connectivity index (χ2n) is 11.7. The number of fused-ring (bicyclic) bond motifs is 9. The Labute approximate surface area is 288 Å². The zero-order valence-electron chi connectivity index (χ0n) is 26.9. The first-order valence-electron chi connectivity index (χ1n) is 16.3. The van der Waals surface area contributed by atoms with E-state index in [4.69, 9.17) is 29.9 Å². The monoisotopic (exact) mass is 702 g/mol. The summed E-state index contributed by atoms with van der Waals surface area (Å²) in [4.78, 5) is 31.0. The van der Waals surface area contributed by atoms with E-state index in [1.54, 1.807) is 18.2 Å². The topological polar surface area (TPSA) is 77.3 Å². The highest BCUT2D eigenvalue weighted by Gasteiger charge is 2.21. The van der Waals surface area contributed by atoms with E-state index < -0.39 is 0 Å². The molecule has 0 radical (unpaired) electrons. The number of aromatic nitrogens is 6. The Morgan fingerprint density at radius 1 is 0.396 bits per heavy atom. The standard InChI is InChI=1S/C36H33F3N6S3/c1-4-7-10-46-28-16-25-22(13-19(28)37)40-31-34(43-25)32-36(45-26-17-29(47-11-8-5-2)20(38)14-23(26)41-32)33-35(31)44-27-18-30(48-12-9-6-3)21(39)15-24(27)42-33/h13-18H,4-12H2,1-3H3. The van der Waals surface area contributed by atoms with Crippen LogP contribution in [0.4, 0.5) is 13.2 Å². The lowest BCUT2D eigenvalue weighted by Gasteiger charge is -2.12. The lowest BCUT2D eigenvalue weighted by molar-refractivity contribution is 0.603. The molecule has 6 nitrogen and oxygen atoms in total. The van der Waals surface area contributed by atoms with Crippen molar-refractivity contribution >= 4 is 101 Å². The van der Waals surface area contributed by atoms with Crippen molar-refractivity contribution in [2.24, 2.45) is 0 Å². The number of halogens is 3. The molecule has 0 spiro atoms. The molecule has 0 amide bonds. The maximum absolute atomic E-state index is 15.3. The first-order chi connectivity index (χ1) is 23.4. The minimum Gasteiger partial charge on any atom is -0.242 e. The van der Waals surface area contributed by atoms with Gasteiger partial charge in [-0.2, -0.15) is 0 Å². The zero-order chi connectivity index (χ0) is 33.4. The van der Waals surface area contributed by atoms with E-state index in [-0.39, 0.29) is 17.5 Å². The second kappa shape index (κ2) is 14.2. The quantitative estimate of drug-likeness (QED) is 0.0535. The van der Waals surface area contributed by atoms with Gasteiger partial charge in [0.2, 0.25) is 0 Å². The highest BCUT2D eigenvalue weighted by molar-refractivity contribution is 7.99. The van der Waals surface area contributed by atoms with E-state index >= 15 is 13.2 Å². The average molecular weight is 703 g/mol. The summed E-state index contributed by atoms with van der Waals surface area (Å²) in [6.07, 6.45) is 5.94. The predicted octanol–water partition coefficient (Wildman–Crippen LogP) is 11.1. The number of thioether (sulfide) groups is 3. The number of hydrogen-bond donors (Lipinski definition) is 0. The van der Waals surface area contributed by atoms with Crippen LogP contribution in [-0.2, 0) is 0 Å². The molecule has 0 aliphatic carbocycles. The molecule has 48 heavy (non-hydrogen) atoms. The molecule has 0 saturated heterocycles. The third-order valence-corrected chi connectivity index (χ3v) is 11.4. The molecule has 0 atom stereocenters. The summed E-state index contributed by atoms with van der Waals surface area (Å²) < 4.78 is 45.8. The SMILES string of the molecule is CCCCSc1cc2nc3c4nc5cc(F)c(SCCCC)cc5nc4c4nc5cc(F)c(SCCCC)cc5nc4c3nc2cc1F. The van der Waals surface area contributed by atoms with Crippen molar-refractivity contribution in [2.75, 3.05) is 17.3 Å². The normalized spacial score (nSPS) is 12.1. The van der Waals surface area contributed by atoms with Gasteiger partial charge in [-0.15, -0.1) is 35.3 Å². The number of nitrogens with zero attached hydrogens (tertiary/aromatic N) is 6. The van der Waals surface area contributed by atoms with Crippen LogP contribution >= 0.6 is 35.3 Å². The largest absolute Gasteiger partial charge is 0.242 e. The maximum Gasteiger partial charge on any atom is 0.139 e. The van der Waals surface area contributed by atoms with E-state index in [0.29, 0.717) is 80.9 Å². The van der Waals surface area contributed by atoms with Crippen LogP contribution in [0, 0.1) is 17.5 Å². The molecule has 12 heteroatoms. The van der Waals surface area contributed by atoms with E-state index in [1.807, 2.05) is 0 Å². The highest BCUT2D eigenvalue weighted by Crippen LogP contribution is 2.36. The summed E-state index contributed by atoms with van der Waals surface area (Å²) in [5, 5.41) is 0. The van der Waals surface area contributed by atoms with Crippen LogP contribution in [0.15, 0.2) is 51.1 Å². The van der Waals surface area contributed by atoms with Gasteiger partial charge in [0.25, 0.3) is 0 Å². The number of hydrogen-bond acceptors (Lipinski definition) is 9. The minimum atomic E-state index is -0.364. The van der Waals surface area contributed by atoms with E-state index in [0.717, 1.165) is 55.8 Å². The maximum atomic E-state index is 15.3. The molecule has 4 aromatic carbocycles. The van der Waals surface area contributed by atoms with Gasteiger partial charge in [-0.25, -0.2) is 43.1 Å². The van der Waals surface area contributed by atoms with Crippen LogP contribution in [0.1, 0.15) is 59.3 Å². The van der Waals surface area contributed by atoms with Gasteiger partial charge in [0, 0.05) is 32.9 Å². The van der Waals surface area contributed by atoms with Crippen LogP contribution in [0.3, 0.4) is 0 Å². The van der Waals surface area contributed by atoms with Crippen LogP contribution < -0.4 is 0 Å². The summed E-state index contributed by atoms with van der Waals surface area (Å²) in [5.41, 5.74) is 4.95. The molecule has 0 aliphatic rings. The fourth-order valence-electron chi connectivity index (χ4n) is 5.48. The first-order valence-corrected chi connectivity index (χ1v) is 19.3. The van der Waals surface area contributed by atoms with Gasteiger partial charge in [-0.3, -0.25) is 0 Å². The van der Waals surface area contributed by atoms with E-state index in [2.05, 4.69) is 20.8 Å². The Hall–Kier alpha value is -3.48. The first kappa shape index (κ1) is 33.0. The van der Waals surface area contributed by atoms with Gasteiger partial charge in [-0.05, 0) is 54.7 Å². The van der Waals surface area contributed by atoms with Crippen molar-refractivity contribution in [2.45, 2.75) is 74.0 Å². The number of benzene rings is 4. The number of unbranched alkanes of at least 4 members (excludes halogenated alkanes) is 3. The summed E-state index contributed by atoms with van der Waals surface area (Å²) in [6.45, 7) is 6.30. The number of rotatable bonds is 12. The lowest BCUT2D eigenvalue weighted by Crippen LogP contribution is -2.00. The third-order valence-electron chi connectivity index (χ3n) is 8.09. The summed E-state index contributed by atoms with van der Waals surface area (Å²) in [6, 6.07) is 9.36. The zero-order valence-corrected chi connectivity index (χ0v) is 29.3. The minimum absolute atomic E-state index is 0.364. The van der Waals surface area contributed by atoms with Gasteiger partial charge in [-0.1, -0.05) is 40.0 Å². The Bertz CT molecular complexity index is 2060. The van der Waals surface area contributed by atoms with Crippen LogP contribution in [0.25, 0.3) is 66.2 Å². The Kier molecular flexibility index (Phi) is 9.75. The van der Waals surface area contributed by atoms with Crippen molar-refractivity contribution in [1.82, 2.24) is 29.9 Å². The van der Waals surface area contributed by atoms with Gasteiger partial charge >= 0.3 is 0 Å². The second-order valence-corrected chi connectivity index (χ2v) is 15.1.